The van der Waals surface area contributed by atoms with Gasteiger partial charge in [-0.15, -0.1) is 13.2 Å². The fourth-order valence-electron chi connectivity index (χ4n) is 3.55. The normalized spacial score (nSPS) is 25.3. The summed E-state index contributed by atoms with van der Waals surface area (Å²) in [5, 5.41) is -0.380. The summed E-state index contributed by atoms with van der Waals surface area (Å²) in [4.78, 5) is 0. The first-order valence-corrected chi connectivity index (χ1v) is 11.7. The van der Waals surface area contributed by atoms with Gasteiger partial charge in [0.15, 0.2) is 0 Å². The summed E-state index contributed by atoms with van der Waals surface area (Å²) in [6, 6.07) is 20.1. The van der Waals surface area contributed by atoms with Gasteiger partial charge in [0.25, 0.3) is 0 Å². The number of ether oxygens (including phenoxy) is 5. The zero-order valence-electron chi connectivity index (χ0n) is 18.2. The van der Waals surface area contributed by atoms with E-state index < -0.39 is 6.10 Å². The van der Waals surface area contributed by atoms with Gasteiger partial charge in [0.2, 0.25) is 0 Å². The lowest BCUT2D eigenvalue weighted by atomic mass is 9.99. The maximum absolute atomic E-state index is 6.36. The molecule has 0 amide bonds. The van der Waals surface area contributed by atoms with Crippen molar-refractivity contribution in [2.24, 2.45) is 0 Å². The zero-order chi connectivity index (χ0) is 22.6. The summed E-state index contributed by atoms with van der Waals surface area (Å²) in [5.74, 6) is 0. The minimum absolute atomic E-state index is 0.338. The molecular weight excluding hydrogens is 472 g/mol. The minimum atomic E-state index is -0.394. The van der Waals surface area contributed by atoms with Gasteiger partial charge in [0.1, 0.15) is 29.4 Å². The maximum Gasteiger partial charge on any atom is 0.141 e. The van der Waals surface area contributed by atoms with Gasteiger partial charge in [-0.3, -0.25) is 0 Å². The number of hydrogen-bond acceptors (Lipinski definition) is 5. The van der Waals surface area contributed by atoms with Crippen LogP contribution in [0.3, 0.4) is 0 Å². The Labute approximate surface area is 199 Å². The number of rotatable bonds is 13. The third-order valence-electron chi connectivity index (χ3n) is 5.07. The van der Waals surface area contributed by atoms with E-state index in [9.17, 15) is 0 Å². The summed E-state index contributed by atoms with van der Waals surface area (Å²) in [6.07, 6.45) is 1.95. The number of hydrogen-bond donors (Lipinski definition) is 0. The SMILES string of the molecule is C=CCOC[C@H]1OC(Br)[C@@H](OCc2ccccc2)[C@@H](OCC=C)[C@@H]1OCc1ccccc1. The van der Waals surface area contributed by atoms with Gasteiger partial charge in [-0.25, -0.2) is 0 Å². The van der Waals surface area contributed by atoms with E-state index in [1.165, 1.54) is 0 Å². The van der Waals surface area contributed by atoms with Crippen molar-refractivity contribution in [3.8, 4) is 0 Å². The van der Waals surface area contributed by atoms with Crippen molar-refractivity contribution in [3.63, 3.8) is 0 Å². The van der Waals surface area contributed by atoms with Crippen LogP contribution >= 0.6 is 15.9 Å². The third kappa shape index (κ3) is 7.37. The first kappa shape index (κ1) is 24.8. The molecule has 5 nitrogen and oxygen atoms in total. The molecule has 0 bridgehead atoms. The van der Waals surface area contributed by atoms with Crippen LogP contribution in [0.15, 0.2) is 86.0 Å². The zero-order valence-corrected chi connectivity index (χ0v) is 19.8. The van der Waals surface area contributed by atoms with Crippen LogP contribution in [0.4, 0.5) is 0 Å². The molecule has 2 aromatic rings. The van der Waals surface area contributed by atoms with Crippen LogP contribution in [0, 0.1) is 0 Å². The summed E-state index contributed by atoms with van der Waals surface area (Å²) in [5.41, 5.74) is 2.15. The molecule has 6 heteroatoms. The van der Waals surface area contributed by atoms with E-state index in [1.54, 1.807) is 12.2 Å². The topological polar surface area (TPSA) is 46.2 Å². The largest absolute Gasteiger partial charge is 0.375 e. The average Bonchev–Trinajstić information content (AvgIpc) is 2.83. The second kappa shape index (κ2) is 13.7. The molecule has 0 saturated carbocycles. The summed E-state index contributed by atoms with van der Waals surface area (Å²) >= 11 is 3.65. The molecule has 0 aromatic heterocycles. The standard InChI is InChI=1S/C26H31BrO5/c1-3-15-28-19-22-23(30-17-20-11-7-5-8-12-20)24(29-16-4-2)25(26(27)32-22)31-18-21-13-9-6-10-14-21/h3-14,22-26H,1-2,15-19H2/t22-,23-,24+,25+,26?/m1/s1. The van der Waals surface area contributed by atoms with Crippen molar-refractivity contribution >= 4 is 15.9 Å². The number of alkyl halides is 1. The van der Waals surface area contributed by atoms with Crippen molar-refractivity contribution < 1.29 is 23.7 Å². The molecule has 1 fully saturated rings. The molecule has 3 rings (SSSR count). The Balaban J connectivity index is 1.77. The molecule has 172 valence electrons. The monoisotopic (exact) mass is 502 g/mol. The lowest BCUT2D eigenvalue weighted by Gasteiger charge is -2.44. The van der Waals surface area contributed by atoms with Crippen LogP contribution in [0.5, 0.6) is 0 Å². The third-order valence-corrected chi connectivity index (χ3v) is 5.81. The molecule has 1 unspecified atom stereocenters. The van der Waals surface area contributed by atoms with Crippen LogP contribution in [0.2, 0.25) is 0 Å². The molecule has 0 spiro atoms. The van der Waals surface area contributed by atoms with Crippen molar-refractivity contribution in [3.05, 3.63) is 97.1 Å². The first-order valence-electron chi connectivity index (χ1n) is 10.7. The predicted molar refractivity (Wildman–Crippen MR) is 129 cm³/mol. The summed E-state index contributed by atoms with van der Waals surface area (Å²) in [7, 11) is 0. The molecule has 0 radical (unpaired) electrons. The molecule has 2 aromatic carbocycles. The lowest BCUT2D eigenvalue weighted by molar-refractivity contribution is -0.247. The van der Waals surface area contributed by atoms with Crippen molar-refractivity contribution in [1.29, 1.82) is 0 Å². The summed E-state index contributed by atoms with van der Waals surface area (Å²) in [6.45, 7) is 9.54. The van der Waals surface area contributed by atoms with E-state index in [2.05, 4.69) is 29.1 Å². The Morgan fingerprint density at radius 3 is 1.88 bits per heavy atom. The highest BCUT2D eigenvalue weighted by molar-refractivity contribution is 9.09. The van der Waals surface area contributed by atoms with Crippen LogP contribution < -0.4 is 0 Å². The second-order valence-corrected chi connectivity index (χ2v) is 8.36. The molecule has 1 aliphatic rings. The quantitative estimate of drug-likeness (QED) is 0.218. The number of halogens is 1. The first-order chi connectivity index (χ1) is 15.7. The molecule has 1 aliphatic heterocycles. The molecule has 5 atom stereocenters. The van der Waals surface area contributed by atoms with Crippen molar-refractivity contribution in [1.82, 2.24) is 0 Å². The van der Waals surface area contributed by atoms with Crippen molar-refractivity contribution in [2.45, 2.75) is 42.6 Å². The van der Waals surface area contributed by atoms with E-state index in [4.69, 9.17) is 23.7 Å². The van der Waals surface area contributed by atoms with E-state index >= 15 is 0 Å². The van der Waals surface area contributed by atoms with Crippen LogP contribution in [-0.2, 0) is 36.9 Å². The Morgan fingerprint density at radius 2 is 1.31 bits per heavy atom. The highest BCUT2D eigenvalue weighted by Crippen LogP contribution is 2.32. The highest BCUT2D eigenvalue weighted by atomic mass is 79.9. The van der Waals surface area contributed by atoms with Gasteiger partial charge in [-0.2, -0.15) is 0 Å². The average molecular weight is 503 g/mol. The molecule has 32 heavy (non-hydrogen) atoms. The fourth-order valence-corrected chi connectivity index (χ4v) is 4.28. The van der Waals surface area contributed by atoms with Crippen LogP contribution in [-0.4, -0.2) is 49.2 Å². The van der Waals surface area contributed by atoms with E-state index in [0.29, 0.717) is 33.0 Å². The summed E-state index contributed by atoms with van der Waals surface area (Å²) < 4.78 is 30.8. The Hall–Kier alpha value is -1.80. The number of benzene rings is 2. The Kier molecular flexibility index (Phi) is 10.6. The van der Waals surface area contributed by atoms with E-state index in [1.807, 2.05) is 60.7 Å². The maximum atomic E-state index is 6.36. The predicted octanol–water partition coefficient (Wildman–Crippen LogP) is 5.05. The van der Waals surface area contributed by atoms with Gasteiger partial charge in [-0.05, 0) is 11.1 Å². The van der Waals surface area contributed by atoms with E-state index in [0.717, 1.165) is 11.1 Å². The molecule has 0 N–H and O–H groups in total. The van der Waals surface area contributed by atoms with Crippen molar-refractivity contribution in [2.75, 3.05) is 19.8 Å². The van der Waals surface area contributed by atoms with Gasteiger partial charge >= 0.3 is 0 Å². The van der Waals surface area contributed by atoms with Crippen LogP contribution in [0.1, 0.15) is 11.1 Å². The lowest BCUT2D eigenvalue weighted by Crippen LogP contribution is -2.59. The van der Waals surface area contributed by atoms with Gasteiger partial charge in [0.05, 0.1) is 33.0 Å². The van der Waals surface area contributed by atoms with Crippen LogP contribution in [0.25, 0.3) is 0 Å². The van der Waals surface area contributed by atoms with Gasteiger partial charge in [-0.1, -0.05) is 88.7 Å². The fraction of sp³-hybridized carbons (Fsp3) is 0.385. The Morgan fingerprint density at radius 1 is 0.750 bits per heavy atom. The molecular formula is C26H31BrO5. The molecule has 1 saturated heterocycles. The minimum Gasteiger partial charge on any atom is -0.375 e. The van der Waals surface area contributed by atoms with Gasteiger partial charge in [0, 0.05) is 0 Å². The molecule has 0 aliphatic carbocycles. The van der Waals surface area contributed by atoms with E-state index in [-0.39, 0.29) is 23.3 Å². The van der Waals surface area contributed by atoms with Gasteiger partial charge < -0.3 is 23.7 Å². The second-order valence-electron chi connectivity index (χ2n) is 7.46. The molecule has 1 heterocycles. The highest BCUT2D eigenvalue weighted by Gasteiger charge is 2.47. The smallest absolute Gasteiger partial charge is 0.141 e. The Bertz CT molecular complexity index is 800.